The molecule has 202 valence electrons. The van der Waals surface area contributed by atoms with Crippen LogP contribution in [0.3, 0.4) is 0 Å². The second-order valence-corrected chi connectivity index (χ2v) is 11.6. The van der Waals surface area contributed by atoms with Gasteiger partial charge in [-0.2, -0.15) is 0 Å². The van der Waals surface area contributed by atoms with Gasteiger partial charge in [0.25, 0.3) is 0 Å². The monoisotopic (exact) mass is 534 g/mol. The Balaban J connectivity index is 1.47. The minimum Gasteiger partial charge on any atom is -0.507 e. The fraction of sp³-hybridized carbons (Fsp3) is 0.333. The van der Waals surface area contributed by atoms with Crippen molar-refractivity contribution in [1.29, 1.82) is 0 Å². The average Bonchev–Trinajstić information content (AvgIpc) is 3.33. The van der Waals surface area contributed by atoms with E-state index in [2.05, 4.69) is 6.08 Å². The lowest BCUT2D eigenvalue weighted by atomic mass is 9.51. The van der Waals surface area contributed by atoms with E-state index in [1.54, 1.807) is 30.3 Å². The average molecular weight is 535 g/mol. The van der Waals surface area contributed by atoms with Gasteiger partial charge in [-0.1, -0.05) is 60.2 Å². The Morgan fingerprint density at radius 1 is 0.850 bits per heavy atom. The van der Waals surface area contributed by atoms with Crippen LogP contribution in [0.5, 0.6) is 5.75 Å². The number of nitrogens with zero attached hydrogens (tertiary/aromatic N) is 2. The van der Waals surface area contributed by atoms with Gasteiger partial charge >= 0.3 is 0 Å². The molecule has 2 aliphatic heterocycles. The number of carbonyl (C=O) groups excluding carboxylic acids is 4. The van der Waals surface area contributed by atoms with Crippen molar-refractivity contribution in [3.63, 3.8) is 0 Å². The highest BCUT2D eigenvalue weighted by Gasteiger charge is 2.67. The first-order valence-electron chi connectivity index (χ1n) is 14.0. The molecule has 7 rings (SSSR count). The van der Waals surface area contributed by atoms with Crippen molar-refractivity contribution in [2.24, 2.45) is 29.1 Å². The summed E-state index contributed by atoms with van der Waals surface area (Å²) in [4.78, 5) is 58.1. The quantitative estimate of drug-likeness (QED) is 0.385. The second kappa shape index (κ2) is 8.62. The molecule has 0 spiro atoms. The number of imide groups is 2. The molecule has 3 fully saturated rings. The van der Waals surface area contributed by atoms with E-state index in [1.807, 2.05) is 50.2 Å². The van der Waals surface area contributed by atoms with Crippen molar-refractivity contribution in [2.45, 2.75) is 32.6 Å². The van der Waals surface area contributed by atoms with Crippen LogP contribution in [-0.2, 0) is 19.2 Å². The van der Waals surface area contributed by atoms with Crippen molar-refractivity contribution < 1.29 is 24.3 Å². The van der Waals surface area contributed by atoms with Crippen LogP contribution >= 0.6 is 0 Å². The fourth-order valence-corrected chi connectivity index (χ4v) is 8.12. The predicted molar refractivity (Wildman–Crippen MR) is 149 cm³/mol. The maximum atomic E-state index is 14.5. The van der Waals surface area contributed by atoms with Crippen LogP contribution in [0.1, 0.15) is 38.2 Å². The zero-order chi connectivity index (χ0) is 27.9. The highest BCUT2D eigenvalue weighted by molar-refractivity contribution is 6.24. The number of aromatic hydroxyl groups is 1. The zero-order valence-corrected chi connectivity index (χ0v) is 22.4. The van der Waals surface area contributed by atoms with Crippen molar-refractivity contribution in [3.05, 3.63) is 83.9 Å². The highest BCUT2D eigenvalue weighted by Crippen LogP contribution is 2.64. The molecule has 3 aromatic rings. The molecule has 2 aliphatic carbocycles. The zero-order valence-electron chi connectivity index (χ0n) is 22.4. The number of allylic oxidation sites excluding steroid dienone is 2. The van der Waals surface area contributed by atoms with Crippen molar-refractivity contribution in [1.82, 2.24) is 4.90 Å². The number of hydrogen-bond donors (Lipinski definition) is 1. The molecule has 2 saturated heterocycles. The minimum atomic E-state index is -1.11. The van der Waals surface area contributed by atoms with Crippen LogP contribution < -0.4 is 4.90 Å². The molecule has 7 heteroatoms. The van der Waals surface area contributed by atoms with Crippen LogP contribution in [0.15, 0.2) is 78.4 Å². The number of fused-ring (bicyclic) bond motifs is 5. The Morgan fingerprint density at radius 2 is 1.55 bits per heavy atom. The van der Waals surface area contributed by atoms with Gasteiger partial charge in [0.15, 0.2) is 0 Å². The molecule has 0 unspecified atom stereocenters. The molecule has 0 aromatic heterocycles. The summed E-state index contributed by atoms with van der Waals surface area (Å²) in [7, 11) is 0. The molecule has 4 aliphatic rings. The molecule has 3 aromatic carbocycles. The molecular formula is C33H30N2O5. The first kappa shape index (κ1) is 24.8. The summed E-state index contributed by atoms with van der Waals surface area (Å²) in [5, 5.41) is 12.1. The van der Waals surface area contributed by atoms with Crippen LogP contribution in [0.4, 0.5) is 5.69 Å². The number of anilines is 1. The number of para-hydroxylation sites is 1. The molecule has 1 N–H and O–H groups in total. The molecule has 40 heavy (non-hydrogen) atoms. The van der Waals surface area contributed by atoms with Crippen LogP contribution in [-0.4, -0.2) is 40.2 Å². The van der Waals surface area contributed by atoms with E-state index < -0.39 is 29.1 Å². The smallest absolute Gasteiger partial charge is 0.241 e. The fourth-order valence-electron chi connectivity index (χ4n) is 8.12. The Morgan fingerprint density at radius 3 is 2.27 bits per heavy atom. The van der Waals surface area contributed by atoms with E-state index in [-0.39, 0.29) is 35.3 Å². The third kappa shape index (κ3) is 3.06. The number of hydrogen-bond acceptors (Lipinski definition) is 5. The maximum Gasteiger partial charge on any atom is 0.241 e. The standard InChI is InChI=1S/C33H30N2O5/c1-3-34-29(37)23-14-13-22-24(27(23)31(34)39)17-25-30(38)35(18-9-5-4-6-10-18)32(40)33(25,2)28(22)21-15-16-26(36)20-12-8-7-11-19(20)21/h4-13,15-16,23-25,27-28,36H,3,14,17H2,1-2H3/t23-,24+,25-,27-,28-,33+/m0/s1. The molecule has 1 saturated carbocycles. The van der Waals surface area contributed by atoms with Gasteiger partial charge in [-0.3, -0.25) is 24.1 Å². The third-order valence-corrected chi connectivity index (χ3v) is 9.94. The van der Waals surface area contributed by atoms with Gasteiger partial charge < -0.3 is 5.11 Å². The van der Waals surface area contributed by atoms with Gasteiger partial charge in [0.05, 0.1) is 28.9 Å². The number of phenols is 1. The van der Waals surface area contributed by atoms with E-state index in [4.69, 9.17) is 0 Å². The minimum absolute atomic E-state index is 0.140. The summed E-state index contributed by atoms with van der Waals surface area (Å²) in [6, 6.07) is 20.0. The summed E-state index contributed by atoms with van der Waals surface area (Å²) >= 11 is 0. The highest BCUT2D eigenvalue weighted by atomic mass is 16.3. The number of carbonyl (C=O) groups is 4. The largest absolute Gasteiger partial charge is 0.507 e. The van der Waals surface area contributed by atoms with E-state index in [0.29, 0.717) is 30.5 Å². The molecule has 6 atom stereocenters. The Hall–Kier alpha value is -4.26. The Kier molecular flexibility index (Phi) is 5.33. The Bertz CT molecular complexity index is 1650. The van der Waals surface area contributed by atoms with Crippen molar-refractivity contribution >= 4 is 40.1 Å². The van der Waals surface area contributed by atoms with Crippen LogP contribution in [0, 0.1) is 29.1 Å². The van der Waals surface area contributed by atoms with Crippen LogP contribution in [0.25, 0.3) is 10.8 Å². The lowest BCUT2D eigenvalue weighted by molar-refractivity contribution is -0.140. The van der Waals surface area contributed by atoms with Gasteiger partial charge in [-0.15, -0.1) is 0 Å². The summed E-state index contributed by atoms with van der Waals surface area (Å²) in [5.74, 6) is -3.22. The predicted octanol–water partition coefficient (Wildman–Crippen LogP) is 4.80. The molecule has 7 nitrogen and oxygen atoms in total. The first-order valence-corrected chi connectivity index (χ1v) is 14.0. The van der Waals surface area contributed by atoms with Crippen molar-refractivity contribution in [2.75, 3.05) is 11.4 Å². The lowest BCUT2D eigenvalue weighted by Gasteiger charge is -2.49. The maximum absolute atomic E-state index is 14.5. The summed E-state index contributed by atoms with van der Waals surface area (Å²) in [6.07, 6.45) is 2.82. The number of likely N-dealkylation sites (tertiary alicyclic amines) is 1. The van der Waals surface area contributed by atoms with Gasteiger partial charge in [0.2, 0.25) is 23.6 Å². The number of phenolic OH excluding ortho intramolecular Hbond substituents is 1. The van der Waals surface area contributed by atoms with E-state index >= 15 is 0 Å². The molecular weight excluding hydrogens is 504 g/mol. The van der Waals surface area contributed by atoms with Crippen molar-refractivity contribution in [3.8, 4) is 5.75 Å². The number of amides is 4. The summed E-state index contributed by atoms with van der Waals surface area (Å²) in [5.41, 5.74) is 1.21. The van der Waals surface area contributed by atoms with E-state index in [0.717, 1.165) is 16.5 Å². The third-order valence-electron chi connectivity index (χ3n) is 9.94. The van der Waals surface area contributed by atoms with E-state index in [1.165, 1.54) is 9.80 Å². The van der Waals surface area contributed by atoms with Gasteiger partial charge in [0.1, 0.15) is 5.75 Å². The summed E-state index contributed by atoms with van der Waals surface area (Å²) < 4.78 is 0. The molecule has 0 radical (unpaired) electrons. The van der Waals surface area contributed by atoms with Gasteiger partial charge in [-0.25, -0.2) is 4.90 Å². The number of rotatable bonds is 3. The Labute approximate surface area is 232 Å². The van der Waals surface area contributed by atoms with Gasteiger partial charge in [-0.05, 0) is 61.8 Å². The normalized spacial score (nSPS) is 31.4. The second-order valence-electron chi connectivity index (χ2n) is 11.6. The van der Waals surface area contributed by atoms with Crippen LogP contribution in [0.2, 0.25) is 0 Å². The summed E-state index contributed by atoms with van der Waals surface area (Å²) in [6.45, 7) is 4.01. The topological polar surface area (TPSA) is 95.0 Å². The molecule has 4 amide bonds. The first-order chi connectivity index (χ1) is 19.3. The van der Waals surface area contributed by atoms with E-state index in [9.17, 15) is 24.3 Å². The molecule has 2 heterocycles. The number of benzene rings is 3. The lowest BCUT2D eigenvalue weighted by Crippen LogP contribution is -2.49. The SMILES string of the molecule is CCN1C(=O)[C@H]2[C@H](CC=C3[C@H]2C[C@H]2C(=O)N(c4ccccc4)C(=O)[C@@]2(C)[C@H]3c2ccc(O)c3ccccc23)C1=O. The molecule has 0 bridgehead atoms. The van der Waals surface area contributed by atoms with Gasteiger partial charge in [0, 0.05) is 17.8 Å².